The molecule has 0 saturated heterocycles. The third kappa shape index (κ3) is 3.76. The molecule has 108 valence electrons. The number of nitrogens with two attached hydrogens (primary N) is 1. The fourth-order valence-corrected chi connectivity index (χ4v) is 2.70. The molecule has 0 aliphatic rings. The highest BCUT2D eigenvalue weighted by atomic mass is 79.9. The minimum absolute atomic E-state index is 0.130. The molecule has 3 nitrogen and oxygen atoms in total. The zero-order valence-electron chi connectivity index (χ0n) is 12.0. The van der Waals surface area contributed by atoms with Gasteiger partial charge in [0.25, 0.3) is 0 Å². The second-order valence-electron chi connectivity index (χ2n) is 6.17. The maximum Gasteiger partial charge on any atom is 0.141 e. The molecule has 0 bridgehead atoms. The lowest BCUT2D eigenvalue weighted by molar-refractivity contribution is 0.404. The molecule has 0 saturated carbocycles. The van der Waals surface area contributed by atoms with Crippen LogP contribution in [0.25, 0.3) is 0 Å². The number of aromatic nitrogens is 2. The molecule has 2 aromatic rings. The fourth-order valence-electron chi connectivity index (χ4n) is 2.05. The Morgan fingerprint density at radius 1 is 1.35 bits per heavy atom. The van der Waals surface area contributed by atoms with Gasteiger partial charge in [0.05, 0.1) is 12.2 Å². The molecule has 0 aliphatic carbocycles. The molecule has 1 aromatic carbocycles. The SMILES string of the molecule is CC(C)(C)Cc1nn(Cc2cccc(Br)c2)c(N)c1Cl. The van der Waals surface area contributed by atoms with Crippen LogP contribution in [-0.2, 0) is 13.0 Å². The van der Waals surface area contributed by atoms with Gasteiger partial charge in [0, 0.05) is 4.47 Å². The molecule has 2 N–H and O–H groups in total. The minimum atomic E-state index is 0.130. The highest BCUT2D eigenvalue weighted by Gasteiger charge is 2.20. The second kappa shape index (κ2) is 5.78. The van der Waals surface area contributed by atoms with Crippen molar-refractivity contribution < 1.29 is 0 Å². The van der Waals surface area contributed by atoms with Crippen molar-refractivity contribution in [1.82, 2.24) is 9.78 Å². The van der Waals surface area contributed by atoms with Crippen LogP contribution in [0, 0.1) is 5.41 Å². The first kappa shape index (κ1) is 15.4. The average Bonchev–Trinajstić information content (AvgIpc) is 2.56. The maximum absolute atomic E-state index is 6.30. The van der Waals surface area contributed by atoms with Crippen LogP contribution in [0.1, 0.15) is 32.0 Å². The summed E-state index contributed by atoms with van der Waals surface area (Å²) in [6.45, 7) is 7.10. The van der Waals surface area contributed by atoms with Crippen molar-refractivity contribution in [1.29, 1.82) is 0 Å². The molecule has 1 aromatic heterocycles. The largest absolute Gasteiger partial charge is 0.383 e. The molecule has 0 atom stereocenters. The zero-order valence-corrected chi connectivity index (χ0v) is 14.3. The summed E-state index contributed by atoms with van der Waals surface area (Å²) >= 11 is 9.77. The predicted molar refractivity (Wildman–Crippen MR) is 88.1 cm³/mol. The summed E-state index contributed by atoms with van der Waals surface area (Å²) in [5.74, 6) is 0.533. The van der Waals surface area contributed by atoms with E-state index in [1.54, 1.807) is 4.68 Å². The van der Waals surface area contributed by atoms with Crippen molar-refractivity contribution in [3.63, 3.8) is 0 Å². The molecule has 5 heteroatoms. The third-order valence-corrected chi connectivity index (χ3v) is 3.82. The number of nitrogens with zero attached hydrogens (tertiary/aromatic N) is 2. The van der Waals surface area contributed by atoms with E-state index in [9.17, 15) is 0 Å². The van der Waals surface area contributed by atoms with E-state index in [0.29, 0.717) is 17.4 Å². The topological polar surface area (TPSA) is 43.8 Å². The Morgan fingerprint density at radius 3 is 2.65 bits per heavy atom. The molecule has 0 spiro atoms. The molecule has 0 aliphatic heterocycles. The standard InChI is InChI=1S/C15H19BrClN3/c1-15(2,3)8-12-13(17)14(18)20(19-12)9-10-5-4-6-11(16)7-10/h4-7H,8-9,18H2,1-3H3. The normalized spacial score (nSPS) is 11.8. The van der Waals surface area contributed by atoms with Gasteiger partial charge < -0.3 is 5.73 Å². The monoisotopic (exact) mass is 355 g/mol. The van der Waals surface area contributed by atoms with Crippen molar-refractivity contribution in [2.45, 2.75) is 33.7 Å². The summed E-state index contributed by atoms with van der Waals surface area (Å²) in [5.41, 5.74) is 8.19. The highest BCUT2D eigenvalue weighted by molar-refractivity contribution is 9.10. The van der Waals surface area contributed by atoms with Crippen LogP contribution in [0.5, 0.6) is 0 Å². The molecule has 2 rings (SSSR count). The Balaban J connectivity index is 2.27. The van der Waals surface area contributed by atoms with Crippen molar-refractivity contribution >= 4 is 33.3 Å². The van der Waals surface area contributed by atoms with Crippen molar-refractivity contribution in [3.05, 3.63) is 45.0 Å². The van der Waals surface area contributed by atoms with E-state index in [-0.39, 0.29) is 5.41 Å². The summed E-state index contributed by atoms with van der Waals surface area (Å²) in [6.07, 6.45) is 0.807. The van der Waals surface area contributed by atoms with E-state index in [4.69, 9.17) is 17.3 Å². The third-order valence-electron chi connectivity index (χ3n) is 2.92. The van der Waals surface area contributed by atoms with Crippen LogP contribution in [0.2, 0.25) is 5.02 Å². The summed E-state index contributed by atoms with van der Waals surface area (Å²) in [4.78, 5) is 0. The first-order valence-electron chi connectivity index (χ1n) is 6.51. The number of benzene rings is 1. The first-order chi connectivity index (χ1) is 9.26. The van der Waals surface area contributed by atoms with Gasteiger partial charge in [-0.15, -0.1) is 0 Å². The molecule has 0 amide bonds. The highest BCUT2D eigenvalue weighted by Crippen LogP contribution is 2.29. The Morgan fingerprint density at radius 2 is 2.05 bits per heavy atom. The van der Waals surface area contributed by atoms with Gasteiger partial charge in [-0.1, -0.05) is 60.4 Å². The van der Waals surface area contributed by atoms with Gasteiger partial charge in [0.1, 0.15) is 10.8 Å². The quantitative estimate of drug-likeness (QED) is 0.878. The van der Waals surface area contributed by atoms with E-state index < -0.39 is 0 Å². The van der Waals surface area contributed by atoms with Crippen LogP contribution in [0.4, 0.5) is 5.82 Å². The second-order valence-corrected chi connectivity index (χ2v) is 7.46. The number of nitrogen functional groups attached to an aromatic ring is 1. The fraction of sp³-hybridized carbons (Fsp3) is 0.400. The van der Waals surface area contributed by atoms with E-state index in [1.807, 2.05) is 18.2 Å². The zero-order chi connectivity index (χ0) is 14.9. The number of halogens is 2. The minimum Gasteiger partial charge on any atom is -0.383 e. The van der Waals surface area contributed by atoms with Crippen molar-refractivity contribution in [3.8, 4) is 0 Å². The van der Waals surface area contributed by atoms with Gasteiger partial charge in [-0.2, -0.15) is 5.10 Å². The van der Waals surface area contributed by atoms with Crippen LogP contribution < -0.4 is 5.73 Å². The summed E-state index contributed by atoms with van der Waals surface area (Å²) in [7, 11) is 0. The van der Waals surface area contributed by atoms with Crippen LogP contribution in [-0.4, -0.2) is 9.78 Å². The Hall–Kier alpha value is -1.00. The summed E-state index contributed by atoms with van der Waals surface area (Å²) in [5, 5.41) is 5.14. The van der Waals surface area contributed by atoms with Gasteiger partial charge >= 0.3 is 0 Å². The summed E-state index contributed by atoms with van der Waals surface area (Å²) in [6, 6.07) is 8.09. The lowest BCUT2D eigenvalue weighted by atomic mass is 9.91. The van der Waals surface area contributed by atoms with Crippen LogP contribution in [0.3, 0.4) is 0 Å². The van der Waals surface area contributed by atoms with E-state index in [1.165, 1.54) is 0 Å². The molecule has 1 heterocycles. The average molecular weight is 357 g/mol. The van der Waals surface area contributed by atoms with Gasteiger partial charge in [0.15, 0.2) is 0 Å². The number of anilines is 1. The van der Waals surface area contributed by atoms with Crippen LogP contribution >= 0.6 is 27.5 Å². The molecule has 20 heavy (non-hydrogen) atoms. The Bertz CT molecular complexity index is 614. The molecule has 0 radical (unpaired) electrons. The van der Waals surface area contributed by atoms with Gasteiger partial charge in [-0.25, -0.2) is 4.68 Å². The van der Waals surface area contributed by atoms with Crippen LogP contribution in [0.15, 0.2) is 28.7 Å². The van der Waals surface area contributed by atoms with Crippen molar-refractivity contribution in [2.24, 2.45) is 5.41 Å². The number of hydrogen-bond donors (Lipinski definition) is 1. The molecule has 0 fully saturated rings. The smallest absolute Gasteiger partial charge is 0.141 e. The molecule has 0 unspecified atom stereocenters. The summed E-state index contributed by atoms with van der Waals surface area (Å²) < 4.78 is 2.81. The predicted octanol–water partition coefficient (Wildman–Crippen LogP) is 4.52. The van der Waals surface area contributed by atoms with E-state index in [2.05, 4.69) is 47.9 Å². The molecular formula is C15H19BrClN3. The Kier molecular flexibility index (Phi) is 4.45. The lowest BCUT2D eigenvalue weighted by Crippen LogP contribution is -2.11. The maximum atomic E-state index is 6.30. The number of hydrogen-bond acceptors (Lipinski definition) is 2. The first-order valence-corrected chi connectivity index (χ1v) is 7.68. The van der Waals surface area contributed by atoms with Gasteiger partial charge in [-0.05, 0) is 29.5 Å². The van der Waals surface area contributed by atoms with E-state index in [0.717, 1.165) is 22.2 Å². The molecular weight excluding hydrogens is 338 g/mol. The van der Waals surface area contributed by atoms with Gasteiger partial charge in [-0.3, -0.25) is 0 Å². The van der Waals surface area contributed by atoms with Gasteiger partial charge in [0.2, 0.25) is 0 Å². The number of rotatable bonds is 3. The Labute approximate surface area is 133 Å². The van der Waals surface area contributed by atoms with Crippen molar-refractivity contribution in [2.75, 3.05) is 5.73 Å². The van der Waals surface area contributed by atoms with E-state index >= 15 is 0 Å². The lowest BCUT2D eigenvalue weighted by Gasteiger charge is -2.16.